The van der Waals surface area contributed by atoms with E-state index in [1.165, 1.54) is 0 Å². The van der Waals surface area contributed by atoms with Crippen molar-refractivity contribution in [2.45, 2.75) is 25.9 Å². The number of hydrogen-bond acceptors (Lipinski definition) is 5. The minimum Gasteiger partial charge on any atom is -0.434 e. The summed E-state index contributed by atoms with van der Waals surface area (Å²) in [6.45, 7) is 3.62. The van der Waals surface area contributed by atoms with E-state index in [-0.39, 0.29) is 6.61 Å². The lowest BCUT2D eigenvalue weighted by Gasteiger charge is -2.25. The third-order valence-electron chi connectivity index (χ3n) is 1.45. The van der Waals surface area contributed by atoms with Crippen molar-refractivity contribution < 1.29 is 23.8 Å². The molecule has 1 aliphatic rings. The molecule has 1 heterocycles. The van der Waals surface area contributed by atoms with Crippen LogP contribution in [0.2, 0.25) is 0 Å². The van der Waals surface area contributed by atoms with E-state index >= 15 is 0 Å². The Morgan fingerprint density at radius 1 is 1.25 bits per heavy atom. The molecule has 0 spiro atoms. The first-order valence-corrected chi connectivity index (χ1v) is 3.57. The Bertz CT molecular complexity index is 208. The Hall–Kier alpha value is -1.26. The van der Waals surface area contributed by atoms with Crippen molar-refractivity contribution in [3.63, 3.8) is 0 Å². The van der Waals surface area contributed by atoms with Gasteiger partial charge in [-0.1, -0.05) is 0 Å². The maximum Gasteiger partial charge on any atom is 0.519 e. The highest BCUT2D eigenvalue weighted by molar-refractivity contribution is 5.77. The molecule has 5 nitrogen and oxygen atoms in total. The molecule has 0 atom stereocenters. The van der Waals surface area contributed by atoms with Gasteiger partial charge in [-0.3, -0.25) is 0 Å². The number of cyclic esters (lactones) is 4. The van der Waals surface area contributed by atoms with E-state index in [1.54, 1.807) is 13.8 Å². The van der Waals surface area contributed by atoms with Crippen LogP contribution in [0.15, 0.2) is 0 Å². The first-order chi connectivity index (χ1) is 5.49. The van der Waals surface area contributed by atoms with Gasteiger partial charge in [-0.05, 0) is 13.8 Å². The largest absolute Gasteiger partial charge is 0.519 e. The zero-order chi connectivity index (χ0) is 9.19. The van der Waals surface area contributed by atoms with Crippen LogP contribution in [-0.2, 0) is 14.2 Å². The number of carbonyl (C=O) groups is 2. The van der Waals surface area contributed by atoms with Crippen LogP contribution in [0, 0.1) is 0 Å². The molecule has 1 fully saturated rings. The van der Waals surface area contributed by atoms with Gasteiger partial charge in [-0.25, -0.2) is 9.59 Å². The second kappa shape index (κ2) is 3.00. The molecule has 1 rings (SSSR count). The van der Waals surface area contributed by atoms with Crippen LogP contribution >= 0.6 is 0 Å². The van der Waals surface area contributed by atoms with Crippen molar-refractivity contribution in [2.75, 3.05) is 6.61 Å². The molecule has 1 saturated heterocycles. The first-order valence-electron chi connectivity index (χ1n) is 3.57. The normalized spacial score (nSPS) is 22.8. The molecular formula is C7H10O5. The van der Waals surface area contributed by atoms with Crippen molar-refractivity contribution in [3.05, 3.63) is 0 Å². The predicted octanol–water partition coefficient (Wildman–Crippen LogP) is 1.46. The van der Waals surface area contributed by atoms with Gasteiger partial charge in [0.1, 0.15) is 5.60 Å². The van der Waals surface area contributed by atoms with Gasteiger partial charge in [0, 0.05) is 6.42 Å². The molecule has 1 aliphatic heterocycles. The van der Waals surface area contributed by atoms with E-state index < -0.39 is 17.9 Å². The lowest BCUT2D eigenvalue weighted by Crippen LogP contribution is -2.34. The average Bonchev–Trinajstić information content (AvgIpc) is 1.81. The summed E-state index contributed by atoms with van der Waals surface area (Å²) in [4.78, 5) is 21.2. The van der Waals surface area contributed by atoms with E-state index in [2.05, 4.69) is 9.47 Å². The molecular weight excluding hydrogens is 164 g/mol. The van der Waals surface area contributed by atoms with Crippen LogP contribution in [0.1, 0.15) is 20.3 Å². The van der Waals surface area contributed by atoms with Crippen LogP contribution in [0.25, 0.3) is 0 Å². The molecule has 0 aliphatic carbocycles. The summed E-state index contributed by atoms with van der Waals surface area (Å²) in [7, 11) is 0. The molecule has 5 heteroatoms. The molecule has 0 N–H and O–H groups in total. The molecule has 0 aromatic heterocycles. The SMILES string of the molecule is CC1(C)CCOC(=O)OC(=O)O1. The summed E-state index contributed by atoms with van der Waals surface area (Å²) in [5.41, 5.74) is -0.641. The zero-order valence-electron chi connectivity index (χ0n) is 6.96. The van der Waals surface area contributed by atoms with Gasteiger partial charge < -0.3 is 14.2 Å². The highest BCUT2D eigenvalue weighted by atomic mass is 16.8. The smallest absolute Gasteiger partial charge is 0.434 e. The summed E-state index contributed by atoms with van der Waals surface area (Å²) in [5, 5.41) is 0. The van der Waals surface area contributed by atoms with Gasteiger partial charge in [0.05, 0.1) is 6.61 Å². The third-order valence-corrected chi connectivity index (χ3v) is 1.45. The monoisotopic (exact) mass is 174 g/mol. The summed E-state index contributed by atoms with van der Waals surface area (Å²) in [6, 6.07) is 0. The standard InChI is InChI=1S/C7H10O5/c1-7(2)3-4-10-5(8)11-6(9)12-7/h3-4H2,1-2H3. The third kappa shape index (κ3) is 2.41. The Morgan fingerprint density at radius 3 is 2.58 bits per heavy atom. The maximum atomic E-state index is 10.7. The molecule has 12 heavy (non-hydrogen) atoms. The van der Waals surface area contributed by atoms with E-state index in [0.717, 1.165) is 0 Å². The van der Waals surface area contributed by atoms with E-state index in [9.17, 15) is 9.59 Å². The van der Waals surface area contributed by atoms with Crippen molar-refractivity contribution in [1.29, 1.82) is 0 Å². The van der Waals surface area contributed by atoms with E-state index in [1.807, 2.05) is 0 Å². The van der Waals surface area contributed by atoms with E-state index in [0.29, 0.717) is 6.42 Å². The second-order valence-corrected chi connectivity index (χ2v) is 3.06. The summed E-state index contributed by atoms with van der Waals surface area (Å²) in [5.74, 6) is 0. The van der Waals surface area contributed by atoms with Gasteiger partial charge in [0.15, 0.2) is 0 Å². The molecule has 0 aromatic rings. The summed E-state index contributed by atoms with van der Waals surface area (Å²) >= 11 is 0. The Labute approximate surface area is 69.6 Å². The zero-order valence-corrected chi connectivity index (χ0v) is 6.96. The topological polar surface area (TPSA) is 61.8 Å². The number of hydrogen-bond donors (Lipinski definition) is 0. The average molecular weight is 174 g/mol. The molecule has 0 aromatic carbocycles. The molecule has 0 unspecified atom stereocenters. The fourth-order valence-electron chi connectivity index (χ4n) is 0.775. The highest BCUT2D eigenvalue weighted by Gasteiger charge is 2.28. The van der Waals surface area contributed by atoms with Crippen molar-refractivity contribution in [2.24, 2.45) is 0 Å². The van der Waals surface area contributed by atoms with Crippen LogP contribution in [0.3, 0.4) is 0 Å². The van der Waals surface area contributed by atoms with Crippen LogP contribution in [0.5, 0.6) is 0 Å². The Balaban J connectivity index is 2.60. The lowest BCUT2D eigenvalue weighted by atomic mass is 10.1. The molecule has 0 radical (unpaired) electrons. The lowest BCUT2D eigenvalue weighted by molar-refractivity contribution is -0.0476. The first kappa shape index (κ1) is 8.83. The molecule has 0 bridgehead atoms. The van der Waals surface area contributed by atoms with Crippen LogP contribution in [-0.4, -0.2) is 24.5 Å². The minimum absolute atomic E-state index is 0.194. The Morgan fingerprint density at radius 2 is 1.92 bits per heavy atom. The van der Waals surface area contributed by atoms with Gasteiger partial charge in [0.25, 0.3) is 0 Å². The van der Waals surface area contributed by atoms with Gasteiger partial charge in [0.2, 0.25) is 0 Å². The quantitative estimate of drug-likeness (QED) is 0.411. The highest BCUT2D eigenvalue weighted by Crippen LogP contribution is 2.17. The second-order valence-electron chi connectivity index (χ2n) is 3.06. The van der Waals surface area contributed by atoms with Crippen molar-refractivity contribution >= 4 is 12.3 Å². The van der Waals surface area contributed by atoms with Crippen LogP contribution < -0.4 is 0 Å². The summed E-state index contributed by atoms with van der Waals surface area (Å²) < 4.78 is 13.4. The van der Waals surface area contributed by atoms with Gasteiger partial charge in [-0.15, -0.1) is 0 Å². The van der Waals surface area contributed by atoms with Crippen molar-refractivity contribution in [1.82, 2.24) is 0 Å². The maximum absolute atomic E-state index is 10.7. The molecule has 0 saturated carbocycles. The Kier molecular flexibility index (Phi) is 2.21. The van der Waals surface area contributed by atoms with Gasteiger partial charge in [-0.2, -0.15) is 0 Å². The molecule has 0 amide bonds. The fraction of sp³-hybridized carbons (Fsp3) is 0.714. The fourth-order valence-corrected chi connectivity index (χ4v) is 0.775. The van der Waals surface area contributed by atoms with Gasteiger partial charge >= 0.3 is 12.3 Å². The predicted molar refractivity (Wildman–Crippen MR) is 37.6 cm³/mol. The molecule has 68 valence electrons. The van der Waals surface area contributed by atoms with Crippen molar-refractivity contribution in [3.8, 4) is 0 Å². The van der Waals surface area contributed by atoms with Crippen LogP contribution in [0.4, 0.5) is 9.59 Å². The number of ether oxygens (including phenoxy) is 3. The summed E-state index contributed by atoms with van der Waals surface area (Å²) in [6.07, 6.45) is -1.55. The minimum atomic E-state index is -1.01. The number of carbonyl (C=O) groups excluding carboxylic acids is 2. The number of rotatable bonds is 0. The van der Waals surface area contributed by atoms with E-state index in [4.69, 9.17) is 4.74 Å².